The van der Waals surface area contributed by atoms with Gasteiger partial charge in [0.1, 0.15) is 17.3 Å². The summed E-state index contributed by atoms with van der Waals surface area (Å²) in [5.41, 5.74) is 8.00. The third-order valence-corrected chi connectivity index (χ3v) is 6.32. The Hall–Kier alpha value is -3.13. The second-order valence-corrected chi connectivity index (χ2v) is 9.24. The summed E-state index contributed by atoms with van der Waals surface area (Å²) in [5, 5.41) is 12.8. The number of aryl methyl sites for hydroxylation is 1. The highest BCUT2D eigenvalue weighted by molar-refractivity contribution is 7.12. The van der Waals surface area contributed by atoms with Crippen LogP contribution in [0.4, 0.5) is 4.39 Å². The van der Waals surface area contributed by atoms with Gasteiger partial charge in [-0.15, -0.1) is 11.3 Å². The zero-order valence-electron chi connectivity index (χ0n) is 19.2. The molecular formula is C25H30FN3O3S. The average molecular weight is 472 g/mol. The normalized spacial score (nSPS) is 11.7. The monoisotopic (exact) mass is 471 g/mol. The van der Waals surface area contributed by atoms with Crippen LogP contribution in [-0.4, -0.2) is 29.2 Å². The van der Waals surface area contributed by atoms with Crippen molar-refractivity contribution in [1.82, 2.24) is 4.98 Å². The van der Waals surface area contributed by atoms with Gasteiger partial charge in [-0.05, 0) is 74.6 Å². The summed E-state index contributed by atoms with van der Waals surface area (Å²) < 4.78 is 24.9. The number of nitrogens with two attached hydrogens (primary N) is 1. The number of hydrogen-bond acceptors (Lipinski definition) is 6. The Morgan fingerprint density at radius 3 is 2.45 bits per heavy atom. The number of unbranched alkanes of at least 4 members (excludes halogenated alkanes) is 2. The van der Waals surface area contributed by atoms with E-state index in [4.69, 9.17) is 25.4 Å². The number of halogens is 1. The molecule has 3 N–H and O–H groups in total. The minimum absolute atomic E-state index is 0.186. The van der Waals surface area contributed by atoms with Gasteiger partial charge in [-0.2, -0.15) is 0 Å². The molecule has 0 radical (unpaired) electrons. The van der Waals surface area contributed by atoms with Crippen LogP contribution in [0.1, 0.15) is 54.5 Å². The van der Waals surface area contributed by atoms with Crippen LogP contribution in [0, 0.1) is 12.7 Å². The summed E-state index contributed by atoms with van der Waals surface area (Å²) in [4.78, 5) is 6.01. The van der Waals surface area contributed by atoms with E-state index in [1.54, 1.807) is 11.3 Å². The van der Waals surface area contributed by atoms with Crippen LogP contribution in [-0.2, 0) is 0 Å². The van der Waals surface area contributed by atoms with E-state index in [2.05, 4.69) is 31.1 Å². The van der Waals surface area contributed by atoms with Crippen molar-refractivity contribution in [3.8, 4) is 22.8 Å². The largest absolute Gasteiger partial charge is 0.494 e. The summed E-state index contributed by atoms with van der Waals surface area (Å²) in [6, 6.07) is 12.0. The van der Waals surface area contributed by atoms with Gasteiger partial charge < -0.3 is 20.4 Å². The smallest absolute Gasteiger partial charge is 0.173 e. The van der Waals surface area contributed by atoms with E-state index in [-0.39, 0.29) is 11.4 Å². The SMILES string of the molecule is Cc1nc(-c2ccc(OCCCCCOc3ccc(F)cc3C(N)=NO)cc2)c(C(C)C)s1. The van der Waals surface area contributed by atoms with Gasteiger partial charge in [-0.1, -0.05) is 19.0 Å². The Morgan fingerprint density at radius 1 is 1.09 bits per heavy atom. The van der Waals surface area contributed by atoms with Crippen LogP contribution in [0.15, 0.2) is 47.6 Å². The Balaban J connectivity index is 1.41. The molecule has 0 bridgehead atoms. The summed E-state index contributed by atoms with van der Waals surface area (Å²) in [6.07, 6.45) is 2.59. The molecule has 0 aliphatic carbocycles. The number of hydrogen-bond donors (Lipinski definition) is 2. The third kappa shape index (κ3) is 6.68. The average Bonchev–Trinajstić information content (AvgIpc) is 3.21. The lowest BCUT2D eigenvalue weighted by Crippen LogP contribution is -2.15. The van der Waals surface area contributed by atoms with Crippen LogP contribution in [0.3, 0.4) is 0 Å². The molecule has 1 heterocycles. The van der Waals surface area contributed by atoms with Crippen molar-refractivity contribution in [1.29, 1.82) is 0 Å². The molecular weight excluding hydrogens is 441 g/mol. The van der Waals surface area contributed by atoms with E-state index < -0.39 is 5.82 Å². The number of ether oxygens (including phenoxy) is 2. The Bertz CT molecular complexity index is 1080. The molecule has 0 saturated carbocycles. The van der Waals surface area contributed by atoms with Crippen LogP contribution >= 0.6 is 11.3 Å². The van der Waals surface area contributed by atoms with Crippen molar-refractivity contribution in [2.24, 2.45) is 10.9 Å². The zero-order valence-corrected chi connectivity index (χ0v) is 20.0. The fourth-order valence-electron chi connectivity index (χ4n) is 3.39. The lowest BCUT2D eigenvalue weighted by Gasteiger charge is -2.11. The maximum atomic E-state index is 13.4. The molecule has 3 rings (SSSR count). The number of nitrogens with zero attached hydrogens (tertiary/aromatic N) is 2. The number of aromatic nitrogens is 1. The number of thiazole rings is 1. The minimum atomic E-state index is -0.476. The van der Waals surface area contributed by atoms with Crippen molar-refractivity contribution >= 4 is 17.2 Å². The zero-order chi connectivity index (χ0) is 23.8. The molecule has 0 unspecified atom stereocenters. The van der Waals surface area contributed by atoms with Gasteiger partial charge in [0, 0.05) is 10.4 Å². The van der Waals surface area contributed by atoms with Crippen LogP contribution < -0.4 is 15.2 Å². The molecule has 3 aromatic rings. The van der Waals surface area contributed by atoms with Gasteiger partial charge >= 0.3 is 0 Å². The van der Waals surface area contributed by atoms with Gasteiger partial charge in [-0.3, -0.25) is 0 Å². The highest BCUT2D eigenvalue weighted by atomic mass is 32.1. The number of oxime groups is 1. The molecule has 0 aliphatic heterocycles. The first-order valence-corrected chi connectivity index (χ1v) is 11.8. The Kier molecular flexibility index (Phi) is 8.65. The van der Waals surface area contributed by atoms with Crippen molar-refractivity contribution in [3.05, 3.63) is 63.7 Å². The summed E-state index contributed by atoms with van der Waals surface area (Å²) in [7, 11) is 0. The second kappa shape index (κ2) is 11.7. The molecule has 0 spiro atoms. The lowest BCUT2D eigenvalue weighted by atomic mass is 10.1. The number of benzene rings is 2. The quantitative estimate of drug-likeness (QED) is 0.116. The first kappa shape index (κ1) is 24.5. The molecule has 176 valence electrons. The Labute approximate surface area is 197 Å². The highest BCUT2D eigenvalue weighted by Gasteiger charge is 2.14. The van der Waals surface area contributed by atoms with Gasteiger partial charge in [0.25, 0.3) is 0 Å². The molecule has 6 nitrogen and oxygen atoms in total. The van der Waals surface area contributed by atoms with Crippen LogP contribution in [0.5, 0.6) is 11.5 Å². The van der Waals surface area contributed by atoms with Gasteiger partial charge in [0.05, 0.1) is 29.5 Å². The molecule has 8 heteroatoms. The standard InChI is InChI=1S/C25H30FN3O3S/c1-16(2)24-23(28-17(3)33-24)18-7-10-20(11-8-18)31-13-5-4-6-14-32-22-12-9-19(26)15-21(22)25(27)29-30/h7-12,15-16,30H,4-6,13-14H2,1-3H3,(H2,27,29). The van der Waals surface area contributed by atoms with E-state index in [0.717, 1.165) is 41.3 Å². The first-order chi connectivity index (χ1) is 15.9. The maximum Gasteiger partial charge on any atom is 0.173 e. The molecule has 0 amide bonds. The minimum Gasteiger partial charge on any atom is -0.494 e. The molecule has 2 aromatic carbocycles. The summed E-state index contributed by atoms with van der Waals surface area (Å²) >= 11 is 1.75. The second-order valence-electron chi connectivity index (χ2n) is 8.01. The van der Waals surface area contributed by atoms with E-state index in [9.17, 15) is 4.39 Å². The molecule has 0 fully saturated rings. The molecule has 0 aliphatic rings. The van der Waals surface area contributed by atoms with E-state index in [1.165, 1.54) is 23.1 Å². The molecule has 0 atom stereocenters. The maximum absolute atomic E-state index is 13.4. The van der Waals surface area contributed by atoms with Crippen molar-refractivity contribution < 1.29 is 19.1 Å². The van der Waals surface area contributed by atoms with Crippen LogP contribution in [0.25, 0.3) is 11.3 Å². The lowest BCUT2D eigenvalue weighted by molar-refractivity contribution is 0.278. The fraction of sp³-hybridized carbons (Fsp3) is 0.360. The number of rotatable bonds is 11. The Morgan fingerprint density at radius 2 is 1.79 bits per heavy atom. The topological polar surface area (TPSA) is 90.0 Å². The first-order valence-electron chi connectivity index (χ1n) is 11.0. The van der Waals surface area contributed by atoms with Gasteiger partial charge in [0.2, 0.25) is 0 Å². The predicted octanol–water partition coefficient (Wildman–Crippen LogP) is 6.10. The highest BCUT2D eigenvalue weighted by Crippen LogP contribution is 2.34. The molecule has 0 saturated heterocycles. The van der Waals surface area contributed by atoms with E-state index >= 15 is 0 Å². The van der Waals surface area contributed by atoms with Crippen molar-refractivity contribution in [2.45, 2.75) is 46.0 Å². The van der Waals surface area contributed by atoms with Crippen LogP contribution in [0.2, 0.25) is 0 Å². The summed E-state index contributed by atoms with van der Waals surface area (Å²) in [6.45, 7) is 7.47. The van der Waals surface area contributed by atoms with Gasteiger partial charge in [-0.25, -0.2) is 9.37 Å². The summed E-state index contributed by atoms with van der Waals surface area (Å²) in [5.74, 6) is 1.01. The van der Waals surface area contributed by atoms with E-state index in [1.807, 2.05) is 19.1 Å². The van der Waals surface area contributed by atoms with Crippen molar-refractivity contribution in [2.75, 3.05) is 13.2 Å². The molecule has 33 heavy (non-hydrogen) atoms. The van der Waals surface area contributed by atoms with E-state index in [0.29, 0.717) is 24.9 Å². The number of amidine groups is 1. The predicted molar refractivity (Wildman–Crippen MR) is 130 cm³/mol. The third-order valence-electron chi connectivity index (χ3n) is 5.05. The van der Waals surface area contributed by atoms with Crippen molar-refractivity contribution in [3.63, 3.8) is 0 Å². The molecule has 1 aromatic heterocycles. The fourth-order valence-corrected chi connectivity index (χ4v) is 4.34. The van der Waals surface area contributed by atoms with Gasteiger partial charge in [0.15, 0.2) is 5.84 Å².